The topological polar surface area (TPSA) is 111 Å². The fourth-order valence-corrected chi connectivity index (χ4v) is 7.92. The molecule has 9 heteroatoms. The first-order valence-electron chi connectivity index (χ1n) is 31.0. The Hall–Kier alpha value is -4.83. The van der Waals surface area contributed by atoms with Crippen LogP contribution < -0.4 is 5.11 Å². The van der Waals surface area contributed by atoms with Crippen molar-refractivity contribution in [1.82, 2.24) is 0 Å². The van der Waals surface area contributed by atoms with E-state index >= 15 is 0 Å². The van der Waals surface area contributed by atoms with E-state index in [0.717, 1.165) is 96.3 Å². The van der Waals surface area contributed by atoms with Gasteiger partial charge in [0.1, 0.15) is 13.2 Å². The maximum atomic E-state index is 12.9. The summed E-state index contributed by atoms with van der Waals surface area (Å²) in [6.07, 6.45) is 83.6. The highest BCUT2D eigenvalue weighted by molar-refractivity contribution is 5.70. The average Bonchev–Trinajstić information content (AvgIpc) is 3.42. The maximum absolute atomic E-state index is 12.9. The molecule has 0 aromatic heterocycles. The molecule has 0 bridgehead atoms. The summed E-state index contributed by atoms with van der Waals surface area (Å²) in [6, 6.07) is 0. The van der Waals surface area contributed by atoms with Crippen molar-refractivity contribution in [3.63, 3.8) is 0 Å². The smallest absolute Gasteiger partial charge is 0.306 e. The number of carbonyl (C=O) groups excluding carboxylic acids is 3. The SMILES string of the molecule is CC/C=C\C/C=C\C/C=C\C/C=C\C/C=C\C/C=C\CCCCCCCCCCCCCCCCCCC(=O)OC(COC(=O)CC/C=C\C/C=C\C/C=C\C/C=C\C/C=C\C/C=C\CC)COC(OCC[N+](C)(C)C)C(=O)[O-]. The molecular formula is C70H113NO8. The quantitative estimate of drug-likeness (QED) is 0.0195. The zero-order chi connectivity index (χ0) is 57.6. The minimum Gasteiger partial charge on any atom is -0.545 e. The lowest BCUT2D eigenvalue weighted by Crippen LogP contribution is -2.44. The number of hydrogen-bond acceptors (Lipinski definition) is 8. The molecule has 0 heterocycles. The van der Waals surface area contributed by atoms with E-state index in [4.69, 9.17) is 18.9 Å². The van der Waals surface area contributed by atoms with Crippen molar-refractivity contribution in [3.8, 4) is 0 Å². The van der Waals surface area contributed by atoms with Crippen LogP contribution in [0.2, 0.25) is 0 Å². The number of ether oxygens (including phenoxy) is 4. The van der Waals surface area contributed by atoms with Gasteiger partial charge in [0.05, 0.1) is 40.3 Å². The summed E-state index contributed by atoms with van der Waals surface area (Å²) in [7, 11) is 5.89. The van der Waals surface area contributed by atoms with E-state index in [1.807, 2.05) is 33.3 Å². The van der Waals surface area contributed by atoms with Gasteiger partial charge in [-0.1, -0.05) is 250 Å². The number of aliphatic carboxylic acids is 1. The van der Waals surface area contributed by atoms with Crippen LogP contribution in [0.5, 0.6) is 0 Å². The summed E-state index contributed by atoms with van der Waals surface area (Å²) in [6.45, 7) is 4.42. The highest BCUT2D eigenvalue weighted by Crippen LogP contribution is 2.16. The Balaban J connectivity index is 4.22. The largest absolute Gasteiger partial charge is 0.545 e. The van der Waals surface area contributed by atoms with E-state index in [1.165, 1.54) is 83.5 Å². The Morgan fingerprint density at radius 3 is 1.06 bits per heavy atom. The number of esters is 2. The Bertz CT molecular complexity index is 1800. The average molecular weight is 1100 g/mol. The van der Waals surface area contributed by atoms with Crippen molar-refractivity contribution in [3.05, 3.63) is 146 Å². The van der Waals surface area contributed by atoms with Crippen LogP contribution in [0, 0.1) is 0 Å². The minimum absolute atomic E-state index is 0.130. The predicted octanol–water partition coefficient (Wildman–Crippen LogP) is 17.5. The maximum Gasteiger partial charge on any atom is 0.306 e. The van der Waals surface area contributed by atoms with Crippen LogP contribution in [0.1, 0.15) is 219 Å². The number of quaternary nitrogens is 1. The summed E-state index contributed by atoms with van der Waals surface area (Å²) in [5.74, 6) is -2.41. The number of allylic oxidation sites excluding steroid dienone is 24. The monoisotopic (exact) mass is 1100 g/mol. The number of likely N-dealkylation sites (N-methyl/N-ethyl adjacent to an activating group) is 1. The van der Waals surface area contributed by atoms with Gasteiger partial charge in [0.25, 0.3) is 0 Å². The Labute approximate surface area is 483 Å². The molecule has 446 valence electrons. The Kier molecular flexibility index (Phi) is 55.7. The molecule has 0 aromatic carbocycles. The molecule has 0 spiro atoms. The van der Waals surface area contributed by atoms with E-state index in [0.29, 0.717) is 23.9 Å². The first-order valence-corrected chi connectivity index (χ1v) is 31.0. The van der Waals surface area contributed by atoms with Crippen LogP contribution in [-0.2, 0) is 33.3 Å². The van der Waals surface area contributed by atoms with Crippen molar-refractivity contribution in [2.24, 2.45) is 0 Å². The van der Waals surface area contributed by atoms with Crippen LogP contribution in [-0.4, -0.2) is 82.3 Å². The molecule has 2 atom stereocenters. The van der Waals surface area contributed by atoms with Crippen molar-refractivity contribution >= 4 is 17.9 Å². The van der Waals surface area contributed by atoms with Crippen molar-refractivity contribution < 1.29 is 42.9 Å². The zero-order valence-corrected chi connectivity index (χ0v) is 50.7. The number of carbonyl (C=O) groups is 3. The lowest BCUT2D eigenvalue weighted by Gasteiger charge is -2.26. The van der Waals surface area contributed by atoms with E-state index < -0.39 is 30.3 Å². The van der Waals surface area contributed by atoms with Gasteiger partial charge in [0.15, 0.2) is 12.4 Å². The molecule has 0 saturated heterocycles. The summed E-state index contributed by atoms with van der Waals surface area (Å²) in [5, 5.41) is 11.8. The third-order valence-corrected chi connectivity index (χ3v) is 12.6. The van der Waals surface area contributed by atoms with Crippen molar-refractivity contribution in [2.75, 3.05) is 47.5 Å². The molecule has 0 aliphatic heterocycles. The van der Waals surface area contributed by atoms with Crippen molar-refractivity contribution in [2.45, 2.75) is 232 Å². The van der Waals surface area contributed by atoms with E-state index in [1.54, 1.807) is 0 Å². The standard InChI is InChI=1S/C70H113NO8/c1-6-8-10-12-14-16-18-20-22-24-26-27-28-29-30-31-32-33-34-35-36-37-38-39-40-41-43-45-47-49-51-53-55-57-59-61-68(73)79-66(65-78-70(69(74)75)76-63-62-71(3,4)5)64-77-67(72)60-58-56-54-52-50-48-46-44-42-25-23-21-19-17-15-13-11-9-7-2/h8-11,14-17,20-23,26-27,29-30,32-33,42,44,48,50,54,56,66,70H,6-7,12-13,18-19,24-25,28,31,34-41,43,45-47,49,51-53,55,57-65H2,1-5H3/b10-8-,11-9-,16-14-,17-15-,22-20-,23-21-,27-26-,30-29-,33-32-,44-42-,50-48-,56-54-. The second-order valence-corrected chi connectivity index (χ2v) is 21.2. The van der Waals surface area contributed by atoms with Crippen LogP contribution in [0.4, 0.5) is 0 Å². The number of rotatable bonds is 55. The van der Waals surface area contributed by atoms with Gasteiger partial charge < -0.3 is 33.3 Å². The Morgan fingerprint density at radius 1 is 0.380 bits per heavy atom. The molecule has 0 radical (unpaired) electrons. The van der Waals surface area contributed by atoms with Crippen LogP contribution in [0.15, 0.2) is 146 Å². The van der Waals surface area contributed by atoms with Gasteiger partial charge in [-0.3, -0.25) is 9.59 Å². The normalized spacial score (nSPS) is 13.8. The number of hydrogen-bond donors (Lipinski definition) is 0. The molecule has 0 aliphatic carbocycles. The molecule has 9 nitrogen and oxygen atoms in total. The molecule has 2 unspecified atom stereocenters. The fraction of sp³-hybridized carbons (Fsp3) is 0.614. The van der Waals surface area contributed by atoms with Crippen molar-refractivity contribution in [1.29, 1.82) is 0 Å². The third-order valence-electron chi connectivity index (χ3n) is 12.6. The number of unbranched alkanes of at least 4 members (excludes halogenated alkanes) is 16. The number of carboxylic acids is 1. The summed E-state index contributed by atoms with van der Waals surface area (Å²) in [4.78, 5) is 37.3. The zero-order valence-electron chi connectivity index (χ0n) is 50.7. The molecule has 0 fully saturated rings. The van der Waals surface area contributed by atoms with Crippen LogP contribution >= 0.6 is 0 Å². The number of carboxylic acid groups (broad SMARTS) is 1. The summed E-state index contributed by atoms with van der Waals surface area (Å²) >= 11 is 0. The lowest BCUT2D eigenvalue weighted by molar-refractivity contribution is -0.870. The lowest BCUT2D eigenvalue weighted by atomic mass is 10.0. The first kappa shape index (κ1) is 74.2. The molecular weight excluding hydrogens is 983 g/mol. The fourth-order valence-electron chi connectivity index (χ4n) is 7.92. The van der Waals surface area contributed by atoms with Gasteiger partial charge in [-0.25, -0.2) is 0 Å². The molecule has 0 amide bonds. The molecule has 79 heavy (non-hydrogen) atoms. The molecule has 0 N–H and O–H groups in total. The second kappa shape index (κ2) is 59.3. The summed E-state index contributed by atoms with van der Waals surface area (Å²) < 4.78 is 22.6. The first-order chi connectivity index (χ1) is 38.6. The molecule has 0 aliphatic rings. The van der Waals surface area contributed by atoms with Crippen LogP contribution in [0.3, 0.4) is 0 Å². The van der Waals surface area contributed by atoms with Gasteiger partial charge in [-0.05, 0) is 103 Å². The highest BCUT2D eigenvalue weighted by Gasteiger charge is 2.21. The highest BCUT2D eigenvalue weighted by atomic mass is 16.7. The summed E-state index contributed by atoms with van der Waals surface area (Å²) in [5.41, 5.74) is 0. The molecule has 0 saturated carbocycles. The van der Waals surface area contributed by atoms with Gasteiger partial charge in [-0.2, -0.15) is 0 Å². The predicted molar refractivity (Wildman–Crippen MR) is 333 cm³/mol. The third kappa shape index (κ3) is 60.7. The van der Waals surface area contributed by atoms with Gasteiger partial charge in [0, 0.05) is 12.8 Å². The Morgan fingerprint density at radius 2 is 0.709 bits per heavy atom. The van der Waals surface area contributed by atoms with Gasteiger partial charge in [-0.15, -0.1) is 0 Å². The van der Waals surface area contributed by atoms with Crippen LogP contribution in [0.25, 0.3) is 0 Å². The molecule has 0 rings (SSSR count). The minimum atomic E-state index is -1.65. The number of nitrogens with zero attached hydrogens (tertiary/aromatic N) is 1. The van der Waals surface area contributed by atoms with Gasteiger partial charge in [0.2, 0.25) is 0 Å². The van der Waals surface area contributed by atoms with E-state index in [2.05, 4.69) is 148 Å². The van der Waals surface area contributed by atoms with Gasteiger partial charge >= 0.3 is 11.9 Å². The van der Waals surface area contributed by atoms with E-state index in [9.17, 15) is 19.5 Å². The van der Waals surface area contributed by atoms with E-state index in [-0.39, 0.29) is 32.7 Å². The molecule has 0 aromatic rings. The second-order valence-electron chi connectivity index (χ2n) is 21.2.